The molecule has 0 saturated carbocycles. The molecule has 10 nitrogen and oxygen atoms in total. The van der Waals surface area contributed by atoms with Crippen LogP contribution in [0.5, 0.6) is 0 Å². The Hall–Kier alpha value is -4.52. The summed E-state index contributed by atoms with van der Waals surface area (Å²) >= 11 is 0.725. The van der Waals surface area contributed by atoms with Crippen LogP contribution < -0.4 is 5.32 Å². The number of fused-ring (bicyclic) bond motifs is 1. The SMILES string of the molecule is CC(N(Cc1ccc2c(c1)nc(NC(=O)c1ccc(C(F)F)s1)n2CC1CCCN1C(=O)OC(C)(C)C)C(=O)OCc1ccccc1)C(C)(C)C. The number of nitrogens with zero attached hydrogens (tertiary/aromatic N) is 4. The summed E-state index contributed by atoms with van der Waals surface area (Å²) in [6.07, 6.45) is -2.03. The minimum absolute atomic E-state index is 0.127. The molecule has 2 aromatic carbocycles. The maximum Gasteiger partial charge on any atom is 0.410 e. The average molecular weight is 724 g/mol. The number of amides is 3. The number of anilines is 1. The Morgan fingerprint density at radius 3 is 2.39 bits per heavy atom. The largest absolute Gasteiger partial charge is 0.445 e. The molecule has 1 N–H and O–H groups in total. The second kappa shape index (κ2) is 15.4. The Kier molecular flexibility index (Phi) is 11.4. The molecule has 13 heteroatoms. The molecule has 0 bridgehead atoms. The van der Waals surface area contributed by atoms with Gasteiger partial charge in [-0.15, -0.1) is 11.3 Å². The monoisotopic (exact) mass is 723 g/mol. The lowest BCUT2D eigenvalue weighted by molar-refractivity contribution is 0.0214. The number of carbonyl (C=O) groups excluding carboxylic acids is 3. The summed E-state index contributed by atoms with van der Waals surface area (Å²) in [6, 6.07) is 17.4. The second-order valence-electron chi connectivity index (χ2n) is 15.0. The highest BCUT2D eigenvalue weighted by atomic mass is 32.1. The minimum Gasteiger partial charge on any atom is -0.445 e. The van der Waals surface area contributed by atoms with Crippen molar-refractivity contribution in [3.63, 3.8) is 0 Å². The van der Waals surface area contributed by atoms with Crippen LogP contribution in [0.3, 0.4) is 0 Å². The van der Waals surface area contributed by atoms with Gasteiger partial charge in [-0.25, -0.2) is 23.4 Å². The van der Waals surface area contributed by atoms with Crippen molar-refractivity contribution in [2.45, 2.75) is 105 Å². The Bertz CT molecular complexity index is 1850. The first-order valence-corrected chi connectivity index (χ1v) is 18.0. The van der Waals surface area contributed by atoms with Crippen molar-refractivity contribution in [2.75, 3.05) is 11.9 Å². The van der Waals surface area contributed by atoms with Crippen LogP contribution in [0.4, 0.5) is 24.3 Å². The first kappa shape index (κ1) is 37.7. The summed E-state index contributed by atoms with van der Waals surface area (Å²) in [5.74, 6) is -0.345. The van der Waals surface area contributed by atoms with E-state index in [1.807, 2.05) is 80.8 Å². The number of benzene rings is 2. The van der Waals surface area contributed by atoms with E-state index in [4.69, 9.17) is 14.5 Å². The molecule has 2 atom stereocenters. The lowest BCUT2D eigenvalue weighted by Gasteiger charge is -2.37. The summed E-state index contributed by atoms with van der Waals surface area (Å²) in [5, 5.41) is 2.83. The zero-order chi connectivity index (χ0) is 37.1. The maximum absolute atomic E-state index is 13.5. The summed E-state index contributed by atoms with van der Waals surface area (Å²) in [5.41, 5.74) is 2.04. The van der Waals surface area contributed by atoms with Crippen molar-refractivity contribution in [2.24, 2.45) is 5.41 Å². The molecule has 0 aliphatic carbocycles. The smallest absolute Gasteiger partial charge is 0.410 e. The van der Waals surface area contributed by atoms with E-state index in [9.17, 15) is 23.2 Å². The number of rotatable bonds is 10. The first-order chi connectivity index (χ1) is 24.0. The van der Waals surface area contributed by atoms with Crippen molar-refractivity contribution in [1.82, 2.24) is 19.4 Å². The Morgan fingerprint density at radius 2 is 1.75 bits per heavy atom. The van der Waals surface area contributed by atoms with Gasteiger partial charge in [0.25, 0.3) is 12.3 Å². The van der Waals surface area contributed by atoms with Crippen LogP contribution in [0.25, 0.3) is 11.0 Å². The van der Waals surface area contributed by atoms with Gasteiger partial charge in [-0.1, -0.05) is 57.2 Å². The van der Waals surface area contributed by atoms with Gasteiger partial charge in [0.15, 0.2) is 0 Å². The van der Waals surface area contributed by atoms with Crippen molar-refractivity contribution < 1.29 is 32.6 Å². The predicted molar refractivity (Wildman–Crippen MR) is 194 cm³/mol. The maximum atomic E-state index is 13.5. The zero-order valence-electron chi connectivity index (χ0n) is 30.2. The lowest BCUT2D eigenvalue weighted by Crippen LogP contribution is -2.45. The third-order valence-electron chi connectivity index (χ3n) is 9.02. The molecule has 274 valence electrons. The molecule has 1 aliphatic heterocycles. The van der Waals surface area contributed by atoms with Gasteiger partial charge in [0.05, 0.1) is 26.8 Å². The summed E-state index contributed by atoms with van der Waals surface area (Å²) in [6.45, 7) is 14.9. The summed E-state index contributed by atoms with van der Waals surface area (Å²) < 4.78 is 39.9. The summed E-state index contributed by atoms with van der Waals surface area (Å²) in [7, 11) is 0. The van der Waals surface area contributed by atoms with E-state index in [0.29, 0.717) is 24.1 Å². The highest BCUT2D eigenvalue weighted by Gasteiger charge is 2.34. The number of imidazole rings is 1. The van der Waals surface area contributed by atoms with Gasteiger partial charge in [-0.3, -0.25) is 10.1 Å². The second-order valence-corrected chi connectivity index (χ2v) is 16.1. The normalized spacial score (nSPS) is 15.6. The van der Waals surface area contributed by atoms with E-state index >= 15 is 0 Å². The van der Waals surface area contributed by atoms with Crippen LogP contribution in [-0.4, -0.2) is 61.7 Å². The van der Waals surface area contributed by atoms with E-state index in [-0.39, 0.29) is 46.4 Å². The van der Waals surface area contributed by atoms with E-state index in [0.717, 1.165) is 35.3 Å². The molecular weight excluding hydrogens is 677 g/mol. The lowest BCUT2D eigenvalue weighted by atomic mass is 9.87. The van der Waals surface area contributed by atoms with Gasteiger partial charge in [0.1, 0.15) is 12.2 Å². The van der Waals surface area contributed by atoms with Gasteiger partial charge in [0.2, 0.25) is 5.95 Å². The van der Waals surface area contributed by atoms with Crippen LogP contribution >= 0.6 is 11.3 Å². The van der Waals surface area contributed by atoms with Crippen LogP contribution in [0, 0.1) is 5.41 Å². The fraction of sp³-hybridized carbons (Fsp3) is 0.474. The molecule has 0 radical (unpaired) electrons. The predicted octanol–water partition coefficient (Wildman–Crippen LogP) is 9.26. The minimum atomic E-state index is -2.68. The van der Waals surface area contributed by atoms with E-state index < -0.39 is 30.1 Å². The topological polar surface area (TPSA) is 106 Å². The van der Waals surface area contributed by atoms with Crippen molar-refractivity contribution in [1.29, 1.82) is 0 Å². The van der Waals surface area contributed by atoms with E-state index in [1.54, 1.807) is 9.80 Å². The van der Waals surface area contributed by atoms with Crippen LogP contribution in [0.2, 0.25) is 0 Å². The first-order valence-electron chi connectivity index (χ1n) is 17.2. The van der Waals surface area contributed by atoms with Crippen LogP contribution in [-0.2, 0) is 29.2 Å². The molecule has 3 heterocycles. The third-order valence-corrected chi connectivity index (χ3v) is 10.1. The molecule has 2 aromatic heterocycles. The number of carbonyl (C=O) groups is 3. The fourth-order valence-corrected chi connectivity index (χ4v) is 6.69. The van der Waals surface area contributed by atoms with Crippen molar-refractivity contribution >= 4 is 46.4 Å². The standard InChI is InChI=1S/C38H47F2N5O5S/c1-24(37(2,3)4)44(35(47)49-23-25-12-9-8-10-13-25)21-26-15-16-29-28(20-26)41-34(42-33(46)31-18-17-30(51-31)32(39)40)45(29)22-27-14-11-19-43(27)36(48)50-38(5,6)7/h8-10,12-13,15-18,20,24,27,32H,11,14,19,21-23H2,1-7H3,(H,41,42,46). The average Bonchev–Trinajstić information content (AvgIpc) is 3.81. The zero-order valence-corrected chi connectivity index (χ0v) is 31.1. The summed E-state index contributed by atoms with van der Waals surface area (Å²) in [4.78, 5) is 48.1. The fourth-order valence-electron chi connectivity index (χ4n) is 5.93. The molecule has 2 unspecified atom stereocenters. The number of nitrogens with one attached hydrogen (secondary N) is 1. The highest BCUT2D eigenvalue weighted by molar-refractivity contribution is 7.14. The molecule has 0 spiro atoms. The molecule has 51 heavy (non-hydrogen) atoms. The third kappa shape index (κ3) is 9.43. The number of likely N-dealkylation sites (tertiary alicyclic amines) is 1. The van der Waals surface area contributed by atoms with Crippen LogP contribution in [0.1, 0.15) is 93.4 Å². The highest BCUT2D eigenvalue weighted by Crippen LogP contribution is 2.31. The molecule has 5 rings (SSSR count). The Labute approximate surface area is 301 Å². The number of alkyl halides is 2. The van der Waals surface area contributed by atoms with E-state index in [2.05, 4.69) is 26.1 Å². The molecule has 1 aliphatic rings. The van der Waals surface area contributed by atoms with Gasteiger partial charge in [-0.05, 0) is 81.3 Å². The molecule has 1 fully saturated rings. The Morgan fingerprint density at radius 1 is 1.02 bits per heavy atom. The van der Waals surface area contributed by atoms with Crippen molar-refractivity contribution in [3.05, 3.63) is 81.5 Å². The van der Waals surface area contributed by atoms with Gasteiger partial charge in [-0.2, -0.15) is 0 Å². The molecular formula is C38H47F2N5O5S. The number of thiophene rings is 1. The number of ether oxygens (including phenoxy) is 2. The van der Waals surface area contributed by atoms with E-state index in [1.165, 1.54) is 12.1 Å². The number of hydrogen-bond donors (Lipinski definition) is 1. The van der Waals surface area contributed by atoms with Gasteiger partial charge in [0, 0.05) is 25.7 Å². The number of halogens is 2. The quantitative estimate of drug-likeness (QED) is 0.175. The number of aromatic nitrogens is 2. The molecule has 1 saturated heterocycles. The molecule has 4 aromatic rings. The van der Waals surface area contributed by atoms with Gasteiger partial charge >= 0.3 is 12.2 Å². The molecule has 3 amide bonds. The number of hydrogen-bond acceptors (Lipinski definition) is 7. The van der Waals surface area contributed by atoms with Crippen LogP contribution in [0.15, 0.2) is 60.7 Å². The van der Waals surface area contributed by atoms with Crippen molar-refractivity contribution in [3.8, 4) is 0 Å². The Balaban J connectivity index is 1.46. The van der Waals surface area contributed by atoms with Gasteiger partial charge < -0.3 is 23.8 Å².